The van der Waals surface area contributed by atoms with Crippen molar-refractivity contribution in [1.82, 2.24) is 9.78 Å². The molecule has 0 atom stereocenters. The second kappa shape index (κ2) is 6.59. The molecule has 3 aromatic rings. The van der Waals surface area contributed by atoms with Crippen molar-refractivity contribution in [2.75, 3.05) is 5.32 Å². The Morgan fingerprint density at radius 1 is 1.00 bits per heavy atom. The van der Waals surface area contributed by atoms with Crippen molar-refractivity contribution in [2.45, 2.75) is 13.1 Å². The summed E-state index contributed by atoms with van der Waals surface area (Å²) in [6.45, 7) is 1.61. The van der Waals surface area contributed by atoms with Crippen molar-refractivity contribution in [1.29, 1.82) is 0 Å². The monoisotopic (exact) mass is 341 g/mol. The molecule has 4 heteroatoms. The highest BCUT2D eigenvalue weighted by Gasteiger charge is 1.98. The molecule has 0 aliphatic carbocycles. The first-order valence-corrected chi connectivity index (χ1v) is 7.63. The minimum absolute atomic E-state index is 0.792. The highest BCUT2D eigenvalue weighted by molar-refractivity contribution is 9.10. The smallest absolute Gasteiger partial charge is 0.0660 e. The van der Waals surface area contributed by atoms with Crippen LogP contribution in [0.25, 0.3) is 0 Å². The molecule has 0 saturated carbocycles. The summed E-state index contributed by atoms with van der Waals surface area (Å²) < 4.78 is 3.03. The minimum atomic E-state index is 0.792. The van der Waals surface area contributed by atoms with Gasteiger partial charge in [0.1, 0.15) is 0 Å². The summed E-state index contributed by atoms with van der Waals surface area (Å²) in [6.07, 6.45) is 3.78. The van der Waals surface area contributed by atoms with Crippen LogP contribution < -0.4 is 5.32 Å². The Kier molecular flexibility index (Phi) is 4.36. The van der Waals surface area contributed by atoms with Crippen molar-refractivity contribution in [2.24, 2.45) is 0 Å². The van der Waals surface area contributed by atoms with Crippen LogP contribution in [-0.4, -0.2) is 9.78 Å². The second-order valence-corrected chi connectivity index (χ2v) is 5.80. The van der Waals surface area contributed by atoms with Gasteiger partial charge in [0.2, 0.25) is 0 Å². The van der Waals surface area contributed by atoms with E-state index in [4.69, 9.17) is 0 Å². The van der Waals surface area contributed by atoms with E-state index in [2.05, 4.69) is 74.9 Å². The van der Waals surface area contributed by atoms with Gasteiger partial charge in [-0.1, -0.05) is 40.2 Å². The van der Waals surface area contributed by atoms with Gasteiger partial charge in [0.05, 0.1) is 6.54 Å². The molecule has 1 heterocycles. The van der Waals surface area contributed by atoms with E-state index in [9.17, 15) is 0 Å². The number of rotatable bonds is 5. The Morgan fingerprint density at radius 2 is 1.86 bits per heavy atom. The van der Waals surface area contributed by atoms with Crippen LogP contribution in [0.4, 0.5) is 5.69 Å². The first kappa shape index (κ1) is 13.9. The van der Waals surface area contributed by atoms with Crippen molar-refractivity contribution in [3.05, 3.63) is 82.6 Å². The Hall–Kier alpha value is -2.07. The number of nitrogens with one attached hydrogen (secondary N) is 1. The summed E-state index contributed by atoms with van der Waals surface area (Å²) in [5, 5.41) is 7.69. The highest BCUT2D eigenvalue weighted by Crippen LogP contribution is 2.15. The Bertz CT molecular complexity index is 690. The Morgan fingerprint density at radius 3 is 2.62 bits per heavy atom. The average Bonchev–Trinajstić information content (AvgIpc) is 3.00. The summed E-state index contributed by atoms with van der Waals surface area (Å²) in [6, 6.07) is 18.7. The van der Waals surface area contributed by atoms with Crippen LogP contribution in [0, 0.1) is 0 Å². The van der Waals surface area contributed by atoms with E-state index >= 15 is 0 Å². The maximum atomic E-state index is 4.23. The van der Waals surface area contributed by atoms with Crippen LogP contribution in [0.1, 0.15) is 11.1 Å². The highest BCUT2D eigenvalue weighted by atomic mass is 79.9. The van der Waals surface area contributed by atoms with E-state index in [1.54, 1.807) is 6.20 Å². The molecule has 0 radical (unpaired) electrons. The topological polar surface area (TPSA) is 29.9 Å². The summed E-state index contributed by atoms with van der Waals surface area (Å²) in [4.78, 5) is 0. The molecule has 0 amide bonds. The van der Waals surface area contributed by atoms with Gasteiger partial charge in [-0.15, -0.1) is 0 Å². The van der Waals surface area contributed by atoms with E-state index in [1.165, 1.54) is 11.1 Å². The zero-order valence-electron chi connectivity index (χ0n) is 11.5. The SMILES string of the molecule is Brc1ccc(CNc2cccc(Cn3cccn3)c2)cc1. The third-order valence-electron chi connectivity index (χ3n) is 3.24. The standard InChI is InChI=1S/C17H16BrN3/c18-16-7-5-14(6-8-16)12-19-17-4-1-3-15(11-17)13-21-10-2-9-20-21/h1-11,19H,12-13H2. The Labute approximate surface area is 132 Å². The lowest BCUT2D eigenvalue weighted by Gasteiger charge is -2.09. The summed E-state index contributed by atoms with van der Waals surface area (Å²) in [5.74, 6) is 0. The fourth-order valence-corrected chi connectivity index (χ4v) is 2.43. The third-order valence-corrected chi connectivity index (χ3v) is 3.77. The van der Waals surface area contributed by atoms with Crippen molar-refractivity contribution in [3.63, 3.8) is 0 Å². The molecule has 0 saturated heterocycles. The molecule has 1 aromatic heterocycles. The van der Waals surface area contributed by atoms with Gasteiger partial charge in [-0.25, -0.2) is 0 Å². The summed E-state index contributed by atoms with van der Waals surface area (Å²) in [5.41, 5.74) is 3.62. The molecule has 3 nitrogen and oxygen atoms in total. The molecular formula is C17H16BrN3. The zero-order chi connectivity index (χ0) is 14.5. The second-order valence-electron chi connectivity index (χ2n) is 4.88. The van der Waals surface area contributed by atoms with Gasteiger partial charge in [0.25, 0.3) is 0 Å². The number of anilines is 1. The van der Waals surface area contributed by atoms with Crippen molar-refractivity contribution >= 4 is 21.6 Å². The van der Waals surface area contributed by atoms with Gasteiger partial charge in [0.15, 0.2) is 0 Å². The Balaban J connectivity index is 1.64. The number of halogens is 1. The quantitative estimate of drug-likeness (QED) is 0.749. The maximum Gasteiger partial charge on any atom is 0.0660 e. The number of aromatic nitrogens is 2. The molecule has 0 spiro atoms. The normalized spacial score (nSPS) is 10.5. The predicted molar refractivity (Wildman–Crippen MR) is 89.2 cm³/mol. The molecule has 0 aliphatic rings. The fourth-order valence-electron chi connectivity index (χ4n) is 2.17. The van der Waals surface area contributed by atoms with Gasteiger partial charge in [-0.2, -0.15) is 5.10 Å². The molecule has 1 N–H and O–H groups in total. The van der Waals surface area contributed by atoms with Crippen molar-refractivity contribution in [3.8, 4) is 0 Å². The molecule has 0 aliphatic heterocycles. The zero-order valence-corrected chi connectivity index (χ0v) is 13.1. The van der Waals surface area contributed by atoms with Crippen LogP contribution in [0.2, 0.25) is 0 Å². The predicted octanol–water partition coefficient (Wildman–Crippen LogP) is 4.31. The van der Waals surface area contributed by atoms with E-state index in [0.29, 0.717) is 0 Å². The maximum absolute atomic E-state index is 4.23. The number of benzene rings is 2. The van der Waals surface area contributed by atoms with Crippen molar-refractivity contribution < 1.29 is 0 Å². The van der Waals surface area contributed by atoms with Gasteiger partial charge >= 0.3 is 0 Å². The largest absolute Gasteiger partial charge is 0.381 e. The number of nitrogens with zero attached hydrogens (tertiary/aromatic N) is 2. The van der Waals surface area contributed by atoms with Gasteiger partial charge in [0, 0.05) is 29.1 Å². The van der Waals surface area contributed by atoms with E-state index in [-0.39, 0.29) is 0 Å². The molecule has 0 fully saturated rings. The molecule has 21 heavy (non-hydrogen) atoms. The van der Waals surface area contributed by atoms with E-state index < -0.39 is 0 Å². The molecule has 3 rings (SSSR count). The lowest BCUT2D eigenvalue weighted by Crippen LogP contribution is -2.02. The first-order valence-electron chi connectivity index (χ1n) is 6.84. The number of hydrogen-bond donors (Lipinski definition) is 1. The van der Waals surface area contributed by atoms with Crippen LogP contribution in [0.3, 0.4) is 0 Å². The summed E-state index contributed by atoms with van der Waals surface area (Å²) >= 11 is 3.45. The van der Waals surface area contributed by atoms with Gasteiger partial charge < -0.3 is 5.32 Å². The lowest BCUT2D eigenvalue weighted by molar-refractivity contribution is 0.687. The molecule has 106 valence electrons. The van der Waals surface area contributed by atoms with Gasteiger partial charge in [-0.05, 0) is 41.5 Å². The molecular weight excluding hydrogens is 326 g/mol. The lowest BCUT2D eigenvalue weighted by atomic mass is 10.2. The number of hydrogen-bond acceptors (Lipinski definition) is 2. The van der Waals surface area contributed by atoms with E-state index in [1.807, 2.05) is 16.9 Å². The first-order chi connectivity index (χ1) is 10.3. The molecule has 0 bridgehead atoms. The fraction of sp³-hybridized carbons (Fsp3) is 0.118. The average molecular weight is 342 g/mol. The van der Waals surface area contributed by atoms with Crippen LogP contribution in [0.5, 0.6) is 0 Å². The van der Waals surface area contributed by atoms with Crippen LogP contribution >= 0.6 is 15.9 Å². The minimum Gasteiger partial charge on any atom is -0.381 e. The van der Waals surface area contributed by atoms with E-state index in [0.717, 1.165) is 23.2 Å². The third kappa shape index (κ3) is 3.95. The van der Waals surface area contributed by atoms with Crippen LogP contribution in [0.15, 0.2) is 71.5 Å². The van der Waals surface area contributed by atoms with Gasteiger partial charge in [-0.3, -0.25) is 4.68 Å². The summed E-state index contributed by atoms with van der Waals surface area (Å²) in [7, 11) is 0. The van der Waals surface area contributed by atoms with Crippen LogP contribution in [-0.2, 0) is 13.1 Å². The molecule has 0 unspecified atom stereocenters. The molecule has 2 aromatic carbocycles.